The third kappa shape index (κ3) is 4.08. The molecule has 4 amide bonds. The first-order valence-electron chi connectivity index (χ1n) is 10.0. The van der Waals surface area contributed by atoms with Crippen molar-refractivity contribution < 1.29 is 23.9 Å². The molecule has 156 valence electrons. The largest absolute Gasteiger partial charge is 0.485 e. The summed E-state index contributed by atoms with van der Waals surface area (Å²) in [5.74, 6) is 0.912. The summed E-state index contributed by atoms with van der Waals surface area (Å²) in [6.45, 7) is 3.02. The van der Waals surface area contributed by atoms with E-state index in [1.165, 1.54) is 4.90 Å². The van der Waals surface area contributed by atoms with Crippen LogP contribution in [-0.2, 0) is 9.59 Å². The van der Waals surface area contributed by atoms with Crippen molar-refractivity contribution >= 4 is 17.8 Å². The van der Waals surface area contributed by atoms with Gasteiger partial charge in [0.1, 0.15) is 6.61 Å². The monoisotopic (exact) mass is 402 g/mol. The number of benzene rings is 1. The molecule has 2 fully saturated rings. The van der Waals surface area contributed by atoms with Gasteiger partial charge in [-0.15, -0.1) is 0 Å². The summed E-state index contributed by atoms with van der Waals surface area (Å²) in [6, 6.07) is 6.81. The van der Waals surface area contributed by atoms with Gasteiger partial charge in [-0.2, -0.15) is 0 Å². The van der Waals surface area contributed by atoms with Crippen molar-refractivity contribution in [2.24, 2.45) is 11.7 Å². The molecule has 0 spiro atoms. The number of ether oxygens (including phenoxy) is 2. The van der Waals surface area contributed by atoms with E-state index in [0.29, 0.717) is 50.8 Å². The number of urea groups is 1. The molecule has 0 aliphatic carbocycles. The van der Waals surface area contributed by atoms with Crippen LogP contribution in [0.1, 0.15) is 12.8 Å². The fraction of sp³-hybridized carbons (Fsp3) is 0.550. The second-order valence-electron chi connectivity index (χ2n) is 7.64. The van der Waals surface area contributed by atoms with Gasteiger partial charge in [-0.25, -0.2) is 4.79 Å². The van der Waals surface area contributed by atoms with Crippen LogP contribution in [0.3, 0.4) is 0 Å². The molecule has 4 rings (SSSR count). The summed E-state index contributed by atoms with van der Waals surface area (Å²) in [7, 11) is 0. The maximum absolute atomic E-state index is 12.8. The standard InChI is InChI=1S/C20H26N4O5/c21-20(27)24-7-3-4-14(12-24)18(25)22-8-10-23(11-9-22)19(26)17-13-28-15-5-1-2-6-16(15)29-17/h1-2,5-6,14,17H,3-4,7-13H2,(H2,21,27). The molecule has 2 saturated heterocycles. The Morgan fingerprint density at radius 3 is 2.24 bits per heavy atom. The van der Waals surface area contributed by atoms with E-state index >= 15 is 0 Å². The van der Waals surface area contributed by atoms with Crippen LogP contribution in [0.2, 0.25) is 0 Å². The zero-order chi connectivity index (χ0) is 20.4. The fourth-order valence-electron chi connectivity index (χ4n) is 4.13. The quantitative estimate of drug-likeness (QED) is 0.765. The Balaban J connectivity index is 1.30. The van der Waals surface area contributed by atoms with E-state index in [2.05, 4.69) is 0 Å². The topological polar surface area (TPSA) is 105 Å². The van der Waals surface area contributed by atoms with E-state index in [0.717, 1.165) is 12.8 Å². The highest BCUT2D eigenvalue weighted by Crippen LogP contribution is 2.31. The van der Waals surface area contributed by atoms with Gasteiger partial charge in [0.05, 0.1) is 5.92 Å². The molecular formula is C20H26N4O5. The van der Waals surface area contributed by atoms with E-state index in [9.17, 15) is 14.4 Å². The maximum atomic E-state index is 12.8. The molecule has 2 atom stereocenters. The lowest BCUT2D eigenvalue weighted by molar-refractivity contribution is -0.148. The molecule has 2 N–H and O–H groups in total. The number of hydrogen-bond donors (Lipinski definition) is 1. The highest BCUT2D eigenvalue weighted by Gasteiger charge is 2.35. The summed E-state index contributed by atoms with van der Waals surface area (Å²) in [4.78, 5) is 42.1. The molecule has 0 saturated carbocycles. The highest BCUT2D eigenvalue weighted by molar-refractivity contribution is 5.83. The Morgan fingerprint density at radius 1 is 0.897 bits per heavy atom. The Labute approximate surface area is 169 Å². The molecule has 0 aromatic heterocycles. The summed E-state index contributed by atoms with van der Waals surface area (Å²) < 4.78 is 11.4. The number of para-hydroxylation sites is 2. The van der Waals surface area contributed by atoms with Crippen LogP contribution in [0, 0.1) is 5.92 Å². The zero-order valence-electron chi connectivity index (χ0n) is 16.3. The number of piperidine rings is 1. The van der Waals surface area contributed by atoms with Crippen molar-refractivity contribution in [3.63, 3.8) is 0 Å². The van der Waals surface area contributed by atoms with Gasteiger partial charge in [0.2, 0.25) is 12.0 Å². The van der Waals surface area contributed by atoms with Gasteiger partial charge in [-0.1, -0.05) is 12.1 Å². The van der Waals surface area contributed by atoms with E-state index in [-0.39, 0.29) is 24.3 Å². The van der Waals surface area contributed by atoms with Crippen LogP contribution >= 0.6 is 0 Å². The van der Waals surface area contributed by atoms with Gasteiger partial charge in [0.15, 0.2) is 11.5 Å². The van der Waals surface area contributed by atoms with Crippen LogP contribution in [-0.4, -0.2) is 84.5 Å². The molecule has 3 aliphatic rings. The summed E-state index contributed by atoms with van der Waals surface area (Å²) in [5.41, 5.74) is 5.36. The van der Waals surface area contributed by atoms with Crippen molar-refractivity contribution in [1.82, 2.24) is 14.7 Å². The molecule has 9 nitrogen and oxygen atoms in total. The molecule has 3 heterocycles. The number of nitrogens with two attached hydrogens (primary N) is 1. The maximum Gasteiger partial charge on any atom is 0.314 e. The van der Waals surface area contributed by atoms with Crippen LogP contribution in [0.5, 0.6) is 11.5 Å². The lowest BCUT2D eigenvalue weighted by Gasteiger charge is -2.39. The van der Waals surface area contributed by atoms with Crippen molar-refractivity contribution in [1.29, 1.82) is 0 Å². The number of piperazine rings is 1. The predicted molar refractivity (Wildman–Crippen MR) is 103 cm³/mol. The highest BCUT2D eigenvalue weighted by atomic mass is 16.6. The fourth-order valence-corrected chi connectivity index (χ4v) is 4.13. The van der Waals surface area contributed by atoms with Crippen LogP contribution in [0.25, 0.3) is 0 Å². The van der Waals surface area contributed by atoms with Crippen molar-refractivity contribution in [2.75, 3.05) is 45.9 Å². The van der Waals surface area contributed by atoms with Gasteiger partial charge in [-0.05, 0) is 25.0 Å². The average molecular weight is 402 g/mol. The van der Waals surface area contributed by atoms with Gasteiger partial charge in [0.25, 0.3) is 5.91 Å². The van der Waals surface area contributed by atoms with Gasteiger partial charge < -0.3 is 29.9 Å². The van der Waals surface area contributed by atoms with Crippen molar-refractivity contribution in [3.8, 4) is 11.5 Å². The molecule has 1 aromatic carbocycles. The number of likely N-dealkylation sites (tertiary alicyclic amines) is 1. The SMILES string of the molecule is NC(=O)N1CCCC(C(=O)N2CCN(C(=O)C3COc4ccccc4O3)CC2)C1. The summed E-state index contributed by atoms with van der Waals surface area (Å²) >= 11 is 0. The lowest BCUT2D eigenvalue weighted by Crippen LogP contribution is -2.57. The number of primary amides is 1. The van der Waals surface area contributed by atoms with E-state index < -0.39 is 12.1 Å². The average Bonchev–Trinajstić information content (AvgIpc) is 2.78. The van der Waals surface area contributed by atoms with Crippen LogP contribution in [0.15, 0.2) is 24.3 Å². The summed E-state index contributed by atoms with van der Waals surface area (Å²) in [5, 5.41) is 0. The minimum atomic E-state index is -0.672. The lowest BCUT2D eigenvalue weighted by atomic mass is 9.96. The van der Waals surface area contributed by atoms with E-state index in [4.69, 9.17) is 15.2 Å². The first-order valence-corrected chi connectivity index (χ1v) is 10.0. The van der Waals surface area contributed by atoms with Gasteiger partial charge in [0, 0.05) is 39.3 Å². The Morgan fingerprint density at radius 2 is 1.55 bits per heavy atom. The number of carbonyl (C=O) groups is 3. The number of fused-ring (bicyclic) bond motifs is 1. The molecule has 2 unspecified atom stereocenters. The number of rotatable bonds is 2. The van der Waals surface area contributed by atoms with E-state index in [1.807, 2.05) is 18.2 Å². The Kier molecular flexibility index (Phi) is 5.46. The predicted octanol–water partition coefficient (Wildman–Crippen LogP) is 0.288. The minimum Gasteiger partial charge on any atom is -0.485 e. The molecule has 3 aliphatic heterocycles. The number of carbonyl (C=O) groups excluding carboxylic acids is 3. The van der Waals surface area contributed by atoms with Crippen molar-refractivity contribution in [2.45, 2.75) is 18.9 Å². The van der Waals surface area contributed by atoms with Gasteiger partial charge >= 0.3 is 6.03 Å². The molecule has 9 heteroatoms. The molecule has 1 aromatic rings. The Hall–Kier alpha value is -2.97. The second-order valence-corrected chi connectivity index (χ2v) is 7.64. The molecular weight excluding hydrogens is 376 g/mol. The van der Waals surface area contributed by atoms with Crippen LogP contribution < -0.4 is 15.2 Å². The van der Waals surface area contributed by atoms with Gasteiger partial charge in [-0.3, -0.25) is 9.59 Å². The first kappa shape index (κ1) is 19.4. The first-order chi connectivity index (χ1) is 14.0. The number of hydrogen-bond acceptors (Lipinski definition) is 5. The van der Waals surface area contributed by atoms with E-state index in [1.54, 1.807) is 15.9 Å². The number of nitrogens with zero attached hydrogens (tertiary/aromatic N) is 3. The molecule has 0 radical (unpaired) electrons. The summed E-state index contributed by atoms with van der Waals surface area (Å²) in [6.07, 6.45) is 0.863. The number of amides is 4. The Bertz CT molecular complexity index is 793. The third-order valence-electron chi connectivity index (χ3n) is 5.77. The minimum absolute atomic E-state index is 0.0363. The second kappa shape index (κ2) is 8.18. The molecule has 29 heavy (non-hydrogen) atoms. The normalized spacial score (nSPS) is 24.2. The van der Waals surface area contributed by atoms with Crippen molar-refractivity contribution in [3.05, 3.63) is 24.3 Å². The zero-order valence-corrected chi connectivity index (χ0v) is 16.3. The molecule has 0 bridgehead atoms. The third-order valence-corrected chi connectivity index (χ3v) is 5.77. The smallest absolute Gasteiger partial charge is 0.314 e. The van der Waals surface area contributed by atoms with Crippen LogP contribution in [0.4, 0.5) is 4.79 Å².